The Labute approximate surface area is 103 Å². The van der Waals surface area contributed by atoms with Crippen LogP contribution in [0.1, 0.15) is 47.0 Å². The summed E-state index contributed by atoms with van der Waals surface area (Å²) in [6.45, 7) is 8.39. The summed E-state index contributed by atoms with van der Waals surface area (Å²) in [6.07, 6.45) is 0.102. The number of carbonyl (C=O) groups is 1. The van der Waals surface area contributed by atoms with E-state index < -0.39 is 17.6 Å². The molecule has 0 amide bonds. The second-order valence-corrected chi connectivity index (χ2v) is 6.69. The molecule has 2 aliphatic carbocycles. The van der Waals surface area contributed by atoms with E-state index in [1.54, 1.807) is 0 Å². The van der Waals surface area contributed by atoms with Crippen LogP contribution in [0.5, 0.6) is 0 Å². The molecule has 0 radical (unpaired) electrons. The minimum atomic E-state index is -0.752. The molecule has 0 aromatic carbocycles. The van der Waals surface area contributed by atoms with Gasteiger partial charge in [-0.2, -0.15) is 0 Å². The molecule has 3 nitrogen and oxygen atoms in total. The highest BCUT2D eigenvalue weighted by atomic mass is 16.3. The van der Waals surface area contributed by atoms with Gasteiger partial charge in [-0.25, -0.2) is 0 Å². The minimum Gasteiger partial charge on any atom is -0.390 e. The lowest BCUT2D eigenvalue weighted by molar-refractivity contribution is -0.180. The summed E-state index contributed by atoms with van der Waals surface area (Å²) >= 11 is 0. The smallest absolute Gasteiger partial charge is 0.139 e. The molecular weight excluding hydrogens is 216 g/mol. The van der Waals surface area contributed by atoms with Gasteiger partial charge in [0.2, 0.25) is 0 Å². The van der Waals surface area contributed by atoms with E-state index in [1.165, 1.54) is 0 Å². The number of rotatable bonds is 0. The molecule has 6 atom stereocenters. The third-order valence-corrected chi connectivity index (χ3v) is 5.94. The fraction of sp³-hybridized carbons (Fsp3) is 0.929. The predicted molar refractivity (Wildman–Crippen MR) is 65.4 cm³/mol. The molecule has 0 spiro atoms. The van der Waals surface area contributed by atoms with Crippen LogP contribution in [0, 0.1) is 22.7 Å². The Morgan fingerprint density at radius 1 is 1.12 bits per heavy atom. The molecule has 2 saturated carbocycles. The van der Waals surface area contributed by atoms with E-state index in [1.807, 2.05) is 6.92 Å². The van der Waals surface area contributed by atoms with Gasteiger partial charge in [0, 0.05) is 11.8 Å². The molecule has 2 rings (SSSR count). The van der Waals surface area contributed by atoms with E-state index in [4.69, 9.17) is 0 Å². The minimum absolute atomic E-state index is 0.194. The molecule has 6 unspecified atom stereocenters. The first-order valence-corrected chi connectivity index (χ1v) is 6.62. The average molecular weight is 240 g/mol. The van der Waals surface area contributed by atoms with Gasteiger partial charge in [0.15, 0.2) is 0 Å². The van der Waals surface area contributed by atoms with Crippen molar-refractivity contribution in [1.82, 2.24) is 0 Å². The molecule has 98 valence electrons. The van der Waals surface area contributed by atoms with Crippen molar-refractivity contribution in [1.29, 1.82) is 0 Å². The van der Waals surface area contributed by atoms with Crippen molar-refractivity contribution in [3.8, 4) is 0 Å². The van der Waals surface area contributed by atoms with Crippen LogP contribution in [0.15, 0.2) is 0 Å². The summed E-state index contributed by atoms with van der Waals surface area (Å²) in [5, 5.41) is 19.8. The van der Waals surface area contributed by atoms with Gasteiger partial charge in [0.05, 0.1) is 12.2 Å². The summed E-state index contributed by atoms with van der Waals surface area (Å²) in [6, 6.07) is 0. The van der Waals surface area contributed by atoms with Gasteiger partial charge in [-0.3, -0.25) is 4.79 Å². The maximum atomic E-state index is 12.4. The van der Waals surface area contributed by atoms with E-state index in [9.17, 15) is 15.0 Å². The number of carbonyl (C=O) groups excluding carboxylic acids is 1. The molecule has 3 heteroatoms. The highest BCUT2D eigenvalue weighted by Crippen LogP contribution is 2.60. The number of Topliss-reactive ketones (excluding diaryl/α,β-unsaturated/α-hetero) is 1. The molecule has 0 aromatic heterocycles. The maximum Gasteiger partial charge on any atom is 0.139 e. The lowest BCUT2D eigenvalue weighted by Gasteiger charge is -2.59. The highest BCUT2D eigenvalue weighted by molar-refractivity contribution is 5.86. The summed E-state index contributed by atoms with van der Waals surface area (Å²) in [5.41, 5.74) is -0.669. The summed E-state index contributed by atoms with van der Waals surface area (Å²) in [5.74, 6) is 1.02. The van der Waals surface area contributed by atoms with Crippen LogP contribution in [0.3, 0.4) is 0 Å². The Hall–Kier alpha value is -0.410. The van der Waals surface area contributed by atoms with Crippen LogP contribution in [-0.2, 0) is 4.79 Å². The number of aliphatic hydroxyl groups excluding tert-OH is 2. The molecule has 0 heterocycles. The Morgan fingerprint density at radius 3 is 2.24 bits per heavy atom. The topological polar surface area (TPSA) is 57.5 Å². The molecule has 17 heavy (non-hydrogen) atoms. The standard InChI is InChI=1S/C14H24O3/c1-8-5-12(17)14(4)7-11(16)10(15)6-13(14,3)9(8)2/h8-11,15-16H,5-7H2,1-4H3. The monoisotopic (exact) mass is 240 g/mol. The normalized spacial score (nSPS) is 55.5. The Balaban J connectivity index is 2.43. The fourth-order valence-electron chi connectivity index (χ4n) is 4.03. The second kappa shape index (κ2) is 3.79. The molecular formula is C14H24O3. The summed E-state index contributed by atoms with van der Waals surface area (Å²) in [7, 11) is 0. The highest BCUT2D eigenvalue weighted by Gasteiger charge is 2.61. The van der Waals surface area contributed by atoms with Crippen molar-refractivity contribution in [2.75, 3.05) is 0 Å². The number of hydrogen-bond acceptors (Lipinski definition) is 3. The Morgan fingerprint density at radius 2 is 1.65 bits per heavy atom. The van der Waals surface area contributed by atoms with E-state index in [2.05, 4.69) is 20.8 Å². The molecule has 0 aliphatic heterocycles. The largest absolute Gasteiger partial charge is 0.390 e. The number of hydrogen-bond donors (Lipinski definition) is 2. The van der Waals surface area contributed by atoms with Gasteiger partial charge in [-0.1, -0.05) is 27.7 Å². The third kappa shape index (κ3) is 1.59. The molecule has 2 aliphatic rings. The summed E-state index contributed by atoms with van der Waals surface area (Å²) in [4.78, 5) is 12.4. The zero-order chi connectivity index (χ0) is 13.0. The average Bonchev–Trinajstić information content (AvgIpc) is 2.23. The number of fused-ring (bicyclic) bond motifs is 1. The van der Waals surface area contributed by atoms with Crippen molar-refractivity contribution in [3.63, 3.8) is 0 Å². The predicted octanol–water partition coefficient (Wildman–Crippen LogP) is 1.76. The molecule has 2 N–H and O–H groups in total. The first-order valence-electron chi connectivity index (χ1n) is 6.62. The SMILES string of the molecule is CC1CC(=O)C2(C)CC(O)C(O)CC2(C)C1C. The van der Waals surface area contributed by atoms with Crippen LogP contribution in [-0.4, -0.2) is 28.2 Å². The fourth-order valence-corrected chi connectivity index (χ4v) is 4.03. The van der Waals surface area contributed by atoms with Crippen LogP contribution < -0.4 is 0 Å². The van der Waals surface area contributed by atoms with Gasteiger partial charge < -0.3 is 10.2 Å². The molecule has 0 bridgehead atoms. The number of ketones is 1. The van der Waals surface area contributed by atoms with Crippen LogP contribution in [0.4, 0.5) is 0 Å². The zero-order valence-electron chi connectivity index (χ0n) is 11.2. The first-order chi connectivity index (χ1) is 7.72. The number of aliphatic hydroxyl groups is 2. The zero-order valence-corrected chi connectivity index (χ0v) is 11.2. The quantitative estimate of drug-likeness (QED) is 0.678. The van der Waals surface area contributed by atoms with E-state index in [-0.39, 0.29) is 11.2 Å². The van der Waals surface area contributed by atoms with Gasteiger partial charge in [0.1, 0.15) is 5.78 Å². The molecule has 0 saturated heterocycles. The van der Waals surface area contributed by atoms with Crippen LogP contribution in [0.2, 0.25) is 0 Å². The molecule has 2 fully saturated rings. The van der Waals surface area contributed by atoms with Gasteiger partial charge in [-0.15, -0.1) is 0 Å². The van der Waals surface area contributed by atoms with Crippen LogP contribution >= 0.6 is 0 Å². The Bertz CT molecular complexity index is 340. The molecule has 0 aromatic rings. The van der Waals surface area contributed by atoms with Gasteiger partial charge >= 0.3 is 0 Å². The summed E-state index contributed by atoms with van der Waals surface area (Å²) < 4.78 is 0. The van der Waals surface area contributed by atoms with Gasteiger partial charge in [-0.05, 0) is 30.1 Å². The lowest BCUT2D eigenvalue weighted by atomic mass is 9.45. The van der Waals surface area contributed by atoms with E-state index in [0.717, 1.165) is 0 Å². The van der Waals surface area contributed by atoms with Crippen LogP contribution in [0.25, 0.3) is 0 Å². The van der Waals surface area contributed by atoms with Crippen molar-refractivity contribution in [2.24, 2.45) is 22.7 Å². The van der Waals surface area contributed by atoms with E-state index >= 15 is 0 Å². The van der Waals surface area contributed by atoms with Crippen molar-refractivity contribution >= 4 is 5.78 Å². The first kappa shape index (κ1) is 13.0. The Kier molecular flexibility index (Phi) is 2.91. The van der Waals surface area contributed by atoms with Gasteiger partial charge in [0.25, 0.3) is 0 Å². The third-order valence-electron chi connectivity index (χ3n) is 5.94. The van der Waals surface area contributed by atoms with E-state index in [0.29, 0.717) is 31.1 Å². The maximum absolute atomic E-state index is 12.4. The second-order valence-electron chi connectivity index (χ2n) is 6.69. The van der Waals surface area contributed by atoms with Crippen molar-refractivity contribution in [3.05, 3.63) is 0 Å². The lowest BCUT2D eigenvalue weighted by Crippen LogP contribution is -2.61. The van der Waals surface area contributed by atoms with Crippen molar-refractivity contribution in [2.45, 2.75) is 59.2 Å². The van der Waals surface area contributed by atoms with Crippen molar-refractivity contribution < 1.29 is 15.0 Å².